The predicted molar refractivity (Wildman–Crippen MR) is 101 cm³/mol. The molecule has 1 nitrogen and oxygen atoms in total. The number of benzene rings is 2. The van der Waals surface area contributed by atoms with Gasteiger partial charge in [-0.2, -0.15) is 0 Å². The van der Waals surface area contributed by atoms with Crippen molar-refractivity contribution in [3.8, 4) is 0 Å². The molecule has 0 fully saturated rings. The van der Waals surface area contributed by atoms with Crippen LogP contribution >= 0.6 is 0 Å². The second-order valence-corrected chi connectivity index (χ2v) is 7.07. The van der Waals surface area contributed by atoms with E-state index in [1.165, 1.54) is 30.3 Å². The van der Waals surface area contributed by atoms with Crippen molar-refractivity contribution in [2.75, 3.05) is 0 Å². The highest BCUT2D eigenvalue weighted by molar-refractivity contribution is 5.90. The van der Waals surface area contributed by atoms with Gasteiger partial charge < -0.3 is 0 Å². The maximum Gasteiger partial charge on any atom is 0.142 e. The molecule has 0 unspecified atom stereocenters. The summed E-state index contributed by atoms with van der Waals surface area (Å²) >= 11 is 0. The lowest BCUT2D eigenvalue weighted by molar-refractivity contribution is -0.104. The lowest BCUT2D eigenvalue weighted by atomic mass is 9.70. The monoisotopic (exact) mass is 350 g/mol. The molecule has 132 valence electrons. The first-order chi connectivity index (χ1) is 12.4. The van der Waals surface area contributed by atoms with Gasteiger partial charge in [0.1, 0.15) is 17.9 Å². The van der Waals surface area contributed by atoms with E-state index in [1.807, 2.05) is 6.08 Å². The van der Waals surface area contributed by atoms with Crippen LogP contribution in [0.15, 0.2) is 72.3 Å². The van der Waals surface area contributed by atoms with Crippen molar-refractivity contribution in [2.45, 2.75) is 20.3 Å². The smallest absolute Gasteiger partial charge is 0.142 e. The fraction of sp³-hybridized carbons (Fsp3) is 0.174. The molecule has 0 radical (unpaired) electrons. The molecule has 0 saturated heterocycles. The summed E-state index contributed by atoms with van der Waals surface area (Å²) in [5.74, 6) is -0.564. The van der Waals surface area contributed by atoms with Crippen molar-refractivity contribution in [2.24, 2.45) is 5.41 Å². The van der Waals surface area contributed by atoms with Crippen molar-refractivity contribution < 1.29 is 13.6 Å². The summed E-state index contributed by atoms with van der Waals surface area (Å²) in [6.07, 6.45) is 6.86. The minimum atomic E-state index is -0.294. The zero-order chi connectivity index (χ0) is 18.7. The largest absolute Gasteiger partial charge is 0.299 e. The van der Waals surface area contributed by atoms with Crippen LogP contribution < -0.4 is 0 Å². The van der Waals surface area contributed by atoms with Gasteiger partial charge in [-0.05, 0) is 70.0 Å². The first kappa shape index (κ1) is 18.0. The Morgan fingerprint density at radius 3 is 1.96 bits per heavy atom. The topological polar surface area (TPSA) is 17.1 Å². The molecule has 0 aromatic heterocycles. The molecule has 0 atom stereocenters. The number of hydrogen-bond donors (Lipinski definition) is 0. The fourth-order valence-electron chi connectivity index (χ4n) is 3.41. The normalized spacial score (nSPS) is 16.7. The molecular formula is C23H20F2O. The molecule has 0 N–H and O–H groups in total. The summed E-state index contributed by atoms with van der Waals surface area (Å²) in [6, 6.07) is 12.8. The summed E-state index contributed by atoms with van der Waals surface area (Å²) in [5.41, 5.74) is 4.64. The Morgan fingerprint density at radius 2 is 1.42 bits per heavy atom. The van der Waals surface area contributed by atoms with E-state index in [4.69, 9.17) is 0 Å². The van der Waals surface area contributed by atoms with E-state index < -0.39 is 0 Å². The lowest BCUT2D eigenvalue weighted by Crippen LogP contribution is -2.19. The molecule has 0 bridgehead atoms. The highest BCUT2D eigenvalue weighted by Gasteiger charge is 2.30. The summed E-state index contributed by atoms with van der Waals surface area (Å²) in [6.45, 7) is 4.22. The molecule has 3 heteroatoms. The second-order valence-electron chi connectivity index (χ2n) is 7.07. The van der Waals surface area contributed by atoms with Crippen LogP contribution in [-0.2, 0) is 4.79 Å². The number of carbonyl (C=O) groups excluding carboxylic acids is 1. The molecule has 3 rings (SSSR count). The molecule has 0 heterocycles. The standard InChI is InChI=1S/C23H20F2O/c1-23(2)15-18(16-5-9-19(24)10-6-16)14-21(22(23)4-3-13-26)17-7-11-20(25)12-8-17/h3-14H,15H2,1-2H3/b4-3+. The van der Waals surface area contributed by atoms with Gasteiger partial charge in [0.25, 0.3) is 0 Å². The molecule has 1 aliphatic rings. The van der Waals surface area contributed by atoms with Gasteiger partial charge in [-0.1, -0.05) is 50.3 Å². The van der Waals surface area contributed by atoms with Gasteiger partial charge >= 0.3 is 0 Å². The molecule has 0 aliphatic heterocycles. The Labute approximate surface area is 152 Å². The van der Waals surface area contributed by atoms with Crippen LogP contribution in [0.4, 0.5) is 8.78 Å². The van der Waals surface area contributed by atoms with Gasteiger partial charge in [0.05, 0.1) is 0 Å². The average molecular weight is 350 g/mol. The molecular weight excluding hydrogens is 330 g/mol. The zero-order valence-electron chi connectivity index (χ0n) is 14.8. The van der Waals surface area contributed by atoms with Crippen molar-refractivity contribution in [1.82, 2.24) is 0 Å². The van der Waals surface area contributed by atoms with Crippen LogP contribution in [0.2, 0.25) is 0 Å². The quantitative estimate of drug-likeness (QED) is 0.489. The molecule has 26 heavy (non-hydrogen) atoms. The van der Waals surface area contributed by atoms with Gasteiger partial charge in [0.2, 0.25) is 0 Å². The number of allylic oxidation sites excluding steroid dienone is 6. The maximum atomic E-state index is 13.4. The number of halogens is 2. The molecule has 0 saturated carbocycles. The van der Waals surface area contributed by atoms with E-state index in [0.29, 0.717) is 0 Å². The highest BCUT2D eigenvalue weighted by atomic mass is 19.1. The molecule has 1 aliphatic carbocycles. The Bertz CT molecular complexity index is 898. The average Bonchev–Trinajstić information content (AvgIpc) is 2.61. The first-order valence-corrected chi connectivity index (χ1v) is 8.50. The Balaban J connectivity index is 2.19. The third-order valence-electron chi connectivity index (χ3n) is 4.68. The third kappa shape index (κ3) is 3.72. The van der Waals surface area contributed by atoms with Gasteiger partial charge in [-0.3, -0.25) is 4.79 Å². The molecule has 0 amide bonds. The number of rotatable bonds is 4. The first-order valence-electron chi connectivity index (χ1n) is 8.50. The molecule has 2 aromatic carbocycles. The zero-order valence-corrected chi connectivity index (χ0v) is 14.8. The number of aldehydes is 1. The van der Waals surface area contributed by atoms with Gasteiger partial charge in [-0.15, -0.1) is 0 Å². The number of hydrogen-bond acceptors (Lipinski definition) is 1. The summed E-state index contributed by atoms with van der Waals surface area (Å²) in [7, 11) is 0. The van der Waals surface area contributed by atoms with Crippen LogP contribution in [0.1, 0.15) is 31.4 Å². The van der Waals surface area contributed by atoms with E-state index in [1.54, 1.807) is 24.3 Å². The van der Waals surface area contributed by atoms with Gasteiger partial charge in [0.15, 0.2) is 0 Å². The van der Waals surface area contributed by atoms with E-state index in [2.05, 4.69) is 19.9 Å². The maximum absolute atomic E-state index is 13.4. The minimum absolute atomic E-state index is 0.234. The van der Waals surface area contributed by atoms with Crippen molar-refractivity contribution >= 4 is 17.4 Å². The van der Waals surface area contributed by atoms with Crippen molar-refractivity contribution in [1.29, 1.82) is 0 Å². The van der Waals surface area contributed by atoms with E-state index in [0.717, 1.165) is 40.6 Å². The summed E-state index contributed by atoms with van der Waals surface area (Å²) in [4.78, 5) is 10.9. The predicted octanol–water partition coefficient (Wildman–Crippen LogP) is 5.99. The molecule has 2 aromatic rings. The van der Waals surface area contributed by atoms with Crippen LogP contribution in [0.5, 0.6) is 0 Å². The summed E-state index contributed by atoms with van der Waals surface area (Å²) in [5, 5.41) is 0. The Hall–Kier alpha value is -2.81. The van der Waals surface area contributed by atoms with E-state index in [9.17, 15) is 13.6 Å². The van der Waals surface area contributed by atoms with Crippen molar-refractivity contribution in [3.63, 3.8) is 0 Å². The van der Waals surface area contributed by atoms with Crippen LogP contribution in [0.3, 0.4) is 0 Å². The van der Waals surface area contributed by atoms with Gasteiger partial charge in [0, 0.05) is 0 Å². The summed E-state index contributed by atoms with van der Waals surface area (Å²) < 4.78 is 26.6. The SMILES string of the molecule is CC1(C)CC(c2ccc(F)cc2)=CC(c2ccc(F)cc2)=C1/C=C/C=O. The van der Waals surface area contributed by atoms with Crippen LogP contribution in [0, 0.1) is 17.0 Å². The van der Waals surface area contributed by atoms with Crippen LogP contribution in [-0.4, -0.2) is 6.29 Å². The molecule has 0 spiro atoms. The Morgan fingerprint density at radius 1 is 0.885 bits per heavy atom. The third-order valence-corrected chi connectivity index (χ3v) is 4.68. The van der Waals surface area contributed by atoms with Crippen LogP contribution in [0.25, 0.3) is 11.1 Å². The fourth-order valence-corrected chi connectivity index (χ4v) is 3.41. The minimum Gasteiger partial charge on any atom is -0.299 e. The van der Waals surface area contributed by atoms with E-state index >= 15 is 0 Å². The second kappa shape index (κ2) is 7.20. The highest BCUT2D eigenvalue weighted by Crippen LogP contribution is 2.46. The van der Waals surface area contributed by atoms with Crippen molar-refractivity contribution in [3.05, 3.63) is 95.1 Å². The lowest BCUT2D eigenvalue weighted by Gasteiger charge is -2.34. The van der Waals surface area contributed by atoms with Gasteiger partial charge in [-0.25, -0.2) is 8.78 Å². The Kier molecular flexibility index (Phi) is 4.99. The van der Waals surface area contributed by atoms with E-state index in [-0.39, 0.29) is 17.0 Å². The number of carbonyl (C=O) groups is 1.